The van der Waals surface area contributed by atoms with Crippen molar-refractivity contribution in [2.75, 3.05) is 13.1 Å². The average Bonchev–Trinajstić information content (AvgIpc) is 2.43. The maximum atomic E-state index is 4.26. The third-order valence-corrected chi connectivity index (χ3v) is 2.35. The predicted molar refractivity (Wildman–Crippen MR) is 54.9 cm³/mol. The first kappa shape index (κ1) is 10.3. The Bertz CT molecular complexity index is 253. The SMILES string of the molecule is CCNCCCn1cnc(C)c1C. The first-order valence-electron chi connectivity index (χ1n) is 4.94. The Balaban J connectivity index is 2.32. The smallest absolute Gasteiger partial charge is 0.0951 e. The lowest BCUT2D eigenvalue weighted by Gasteiger charge is -2.05. The third-order valence-electron chi connectivity index (χ3n) is 2.35. The highest BCUT2D eigenvalue weighted by Crippen LogP contribution is 2.04. The summed E-state index contributed by atoms with van der Waals surface area (Å²) in [6.45, 7) is 9.52. The Labute approximate surface area is 80.2 Å². The number of rotatable bonds is 5. The van der Waals surface area contributed by atoms with Crippen molar-refractivity contribution in [2.45, 2.75) is 33.7 Å². The molecule has 3 nitrogen and oxygen atoms in total. The lowest BCUT2D eigenvalue weighted by Crippen LogP contribution is -2.16. The van der Waals surface area contributed by atoms with E-state index in [1.54, 1.807) is 0 Å². The van der Waals surface area contributed by atoms with Gasteiger partial charge >= 0.3 is 0 Å². The van der Waals surface area contributed by atoms with Crippen molar-refractivity contribution in [3.05, 3.63) is 17.7 Å². The average molecular weight is 181 g/mol. The van der Waals surface area contributed by atoms with Gasteiger partial charge in [0.15, 0.2) is 0 Å². The van der Waals surface area contributed by atoms with E-state index in [4.69, 9.17) is 0 Å². The molecule has 0 fully saturated rings. The van der Waals surface area contributed by atoms with Crippen molar-refractivity contribution in [3.8, 4) is 0 Å². The molecule has 0 aliphatic rings. The minimum atomic E-state index is 1.06. The van der Waals surface area contributed by atoms with Crippen LogP contribution in [0, 0.1) is 13.8 Å². The van der Waals surface area contributed by atoms with E-state index in [0.29, 0.717) is 0 Å². The molecule has 1 rings (SSSR count). The molecule has 1 aromatic heterocycles. The largest absolute Gasteiger partial charge is 0.335 e. The summed E-state index contributed by atoms with van der Waals surface area (Å²) in [5.74, 6) is 0. The Morgan fingerprint density at radius 2 is 2.23 bits per heavy atom. The molecule has 0 saturated heterocycles. The van der Waals surface area contributed by atoms with Crippen molar-refractivity contribution in [1.29, 1.82) is 0 Å². The molecule has 1 heterocycles. The summed E-state index contributed by atoms with van der Waals surface area (Å²) in [5.41, 5.74) is 2.43. The highest BCUT2D eigenvalue weighted by atomic mass is 15.1. The van der Waals surface area contributed by atoms with E-state index >= 15 is 0 Å². The van der Waals surface area contributed by atoms with Gasteiger partial charge in [-0.05, 0) is 33.4 Å². The summed E-state index contributed by atoms with van der Waals surface area (Å²) in [5, 5.41) is 3.31. The van der Waals surface area contributed by atoms with E-state index in [0.717, 1.165) is 25.3 Å². The number of hydrogen-bond acceptors (Lipinski definition) is 2. The van der Waals surface area contributed by atoms with E-state index in [2.05, 4.69) is 35.6 Å². The summed E-state index contributed by atoms with van der Waals surface area (Å²) in [6.07, 6.45) is 3.10. The maximum absolute atomic E-state index is 4.26. The van der Waals surface area contributed by atoms with E-state index in [-0.39, 0.29) is 0 Å². The quantitative estimate of drug-likeness (QED) is 0.698. The number of nitrogens with zero attached hydrogens (tertiary/aromatic N) is 2. The predicted octanol–water partition coefficient (Wildman–Crippen LogP) is 1.50. The fourth-order valence-electron chi connectivity index (χ4n) is 1.32. The van der Waals surface area contributed by atoms with Crippen LogP contribution in [0.15, 0.2) is 6.33 Å². The van der Waals surface area contributed by atoms with Crippen molar-refractivity contribution in [1.82, 2.24) is 14.9 Å². The first-order valence-corrected chi connectivity index (χ1v) is 4.94. The van der Waals surface area contributed by atoms with Gasteiger partial charge in [0, 0.05) is 12.2 Å². The monoisotopic (exact) mass is 181 g/mol. The summed E-state index contributed by atoms with van der Waals surface area (Å²) in [4.78, 5) is 4.26. The molecule has 0 bridgehead atoms. The summed E-state index contributed by atoms with van der Waals surface area (Å²) < 4.78 is 2.21. The number of imidazole rings is 1. The van der Waals surface area contributed by atoms with Gasteiger partial charge in [-0.2, -0.15) is 0 Å². The minimum Gasteiger partial charge on any atom is -0.335 e. The molecular weight excluding hydrogens is 162 g/mol. The number of nitrogens with one attached hydrogen (secondary N) is 1. The molecule has 74 valence electrons. The summed E-state index contributed by atoms with van der Waals surface area (Å²) in [6, 6.07) is 0. The van der Waals surface area contributed by atoms with E-state index in [1.807, 2.05) is 6.33 Å². The van der Waals surface area contributed by atoms with Gasteiger partial charge in [-0.3, -0.25) is 0 Å². The van der Waals surface area contributed by atoms with Crippen molar-refractivity contribution in [3.63, 3.8) is 0 Å². The highest BCUT2D eigenvalue weighted by molar-refractivity contribution is 5.08. The Morgan fingerprint density at radius 1 is 1.46 bits per heavy atom. The first-order chi connectivity index (χ1) is 6.25. The van der Waals surface area contributed by atoms with Crippen LogP contribution in [-0.2, 0) is 6.54 Å². The van der Waals surface area contributed by atoms with Gasteiger partial charge in [0.1, 0.15) is 0 Å². The Hall–Kier alpha value is -0.830. The number of aryl methyl sites for hydroxylation is 2. The fourth-order valence-corrected chi connectivity index (χ4v) is 1.32. The molecule has 0 radical (unpaired) electrons. The number of hydrogen-bond donors (Lipinski definition) is 1. The molecule has 0 spiro atoms. The second-order valence-corrected chi connectivity index (χ2v) is 3.32. The normalized spacial score (nSPS) is 10.7. The molecule has 0 atom stereocenters. The minimum absolute atomic E-state index is 1.06. The summed E-state index contributed by atoms with van der Waals surface area (Å²) >= 11 is 0. The molecule has 3 heteroatoms. The van der Waals surface area contributed by atoms with Crippen LogP contribution in [0.5, 0.6) is 0 Å². The molecular formula is C10H19N3. The van der Waals surface area contributed by atoms with Crippen LogP contribution in [-0.4, -0.2) is 22.6 Å². The number of aromatic nitrogens is 2. The van der Waals surface area contributed by atoms with Crippen molar-refractivity contribution < 1.29 is 0 Å². The standard InChI is InChI=1S/C10H19N3/c1-4-11-6-5-7-13-8-12-9(2)10(13)3/h8,11H,4-7H2,1-3H3. The van der Waals surface area contributed by atoms with Gasteiger partial charge in [-0.15, -0.1) is 0 Å². The third kappa shape index (κ3) is 2.84. The van der Waals surface area contributed by atoms with Crippen LogP contribution in [0.1, 0.15) is 24.7 Å². The van der Waals surface area contributed by atoms with Crippen LogP contribution in [0.4, 0.5) is 0 Å². The molecule has 1 aromatic rings. The van der Waals surface area contributed by atoms with Gasteiger partial charge in [-0.25, -0.2) is 4.98 Å². The molecule has 0 amide bonds. The van der Waals surface area contributed by atoms with Gasteiger partial charge in [0.25, 0.3) is 0 Å². The van der Waals surface area contributed by atoms with Crippen LogP contribution in [0.2, 0.25) is 0 Å². The Kier molecular flexibility index (Phi) is 3.96. The zero-order valence-electron chi connectivity index (χ0n) is 8.80. The molecule has 13 heavy (non-hydrogen) atoms. The van der Waals surface area contributed by atoms with Gasteiger partial charge in [0.05, 0.1) is 12.0 Å². The van der Waals surface area contributed by atoms with Crippen molar-refractivity contribution in [2.24, 2.45) is 0 Å². The van der Waals surface area contributed by atoms with Gasteiger partial charge < -0.3 is 9.88 Å². The van der Waals surface area contributed by atoms with Gasteiger partial charge in [-0.1, -0.05) is 6.92 Å². The lowest BCUT2D eigenvalue weighted by atomic mass is 10.3. The molecule has 0 aliphatic carbocycles. The molecule has 0 unspecified atom stereocenters. The summed E-state index contributed by atoms with van der Waals surface area (Å²) in [7, 11) is 0. The van der Waals surface area contributed by atoms with Crippen molar-refractivity contribution >= 4 is 0 Å². The van der Waals surface area contributed by atoms with E-state index < -0.39 is 0 Å². The topological polar surface area (TPSA) is 29.9 Å². The van der Waals surface area contributed by atoms with E-state index in [9.17, 15) is 0 Å². The van der Waals surface area contributed by atoms with E-state index in [1.165, 1.54) is 12.1 Å². The van der Waals surface area contributed by atoms with Crippen LogP contribution >= 0.6 is 0 Å². The second-order valence-electron chi connectivity index (χ2n) is 3.32. The second kappa shape index (κ2) is 5.02. The zero-order chi connectivity index (χ0) is 9.68. The highest BCUT2D eigenvalue weighted by Gasteiger charge is 2.00. The fraction of sp³-hybridized carbons (Fsp3) is 0.700. The van der Waals surface area contributed by atoms with Crippen LogP contribution in [0.3, 0.4) is 0 Å². The molecule has 0 aromatic carbocycles. The molecule has 0 aliphatic heterocycles. The molecule has 0 saturated carbocycles. The van der Waals surface area contributed by atoms with Crippen LogP contribution in [0.25, 0.3) is 0 Å². The Morgan fingerprint density at radius 3 is 2.77 bits per heavy atom. The zero-order valence-corrected chi connectivity index (χ0v) is 8.80. The van der Waals surface area contributed by atoms with Gasteiger partial charge in [0.2, 0.25) is 0 Å². The maximum Gasteiger partial charge on any atom is 0.0951 e. The lowest BCUT2D eigenvalue weighted by molar-refractivity contribution is 0.584. The molecule has 1 N–H and O–H groups in total. The van der Waals surface area contributed by atoms with Crippen LogP contribution < -0.4 is 5.32 Å².